The number of Topliss-reactive ketones (excluding diaryl/α,β-unsaturated/α-hetero) is 1. The van der Waals surface area contributed by atoms with E-state index < -0.39 is 16.6 Å². The molecule has 0 aliphatic rings. The number of nitro groups is 1. The maximum absolute atomic E-state index is 12.4. The molecule has 0 radical (unpaired) electrons. The van der Waals surface area contributed by atoms with Gasteiger partial charge in [-0.25, -0.2) is 0 Å². The van der Waals surface area contributed by atoms with Gasteiger partial charge in [0.25, 0.3) is 11.6 Å². The maximum atomic E-state index is 12.4. The SMILES string of the molecule is CC(=O)/C(=C\c1c(Cl)cccc1Cl)C(=O)Nc1ccc([N+](=O)[O-])cc1. The second-order valence-corrected chi connectivity index (χ2v) is 5.82. The lowest BCUT2D eigenvalue weighted by atomic mass is 10.1. The van der Waals surface area contributed by atoms with E-state index >= 15 is 0 Å². The first-order chi connectivity index (χ1) is 11.8. The molecule has 0 bridgehead atoms. The summed E-state index contributed by atoms with van der Waals surface area (Å²) >= 11 is 12.1. The molecule has 0 heterocycles. The van der Waals surface area contributed by atoms with Gasteiger partial charge in [0.15, 0.2) is 5.78 Å². The molecule has 128 valence electrons. The summed E-state index contributed by atoms with van der Waals surface area (Å²) in [5, 5.41) is 13.8. The number of rotatable bonds is 5. The molecule has 1 N–H and O–H groups in total. The Bertz CT molecular complexity index is 856. The number of ketones is 1. The molecule has 8 heteroatoms. The summed E-state index contributed by atoms with van der Waals surface area (Å²) in [4.78, 5) is 34.3. The van der Waals surface area contributed by atoms with Gasteiger partial charge in [-0.05, 0) is 37.3 Å². The molecule has 0 fully saturated rings. The van der Waals surface area contributed by atoms with Gasteiger partial charge >= 0.3 is 0 Å². The van der Waals surface area contributed by atoms with Crippen LogP contribution in [0.15, 0.2) is 48.0 Å². The molecule has 0 unspecified atom stereocenters. The number of carbonyl (C=O) groups is 2. The Balaban J connectivity index is 2.31. The van der Waals surface area contributed by atoms with Gasteiger partial charge in [-0.2, -0.15) is 0 Å². The van der Waals surface area contributed by atoms with Crippen LogP contribution in [0, 0.1) is 10.1 Å². The average Bonchev–Trinajstić information content (AvgIpc) is 2.54. The van der Waals surface area contributed by atoms with Crippen LogP contribution in [0.25, 0.3) is 6.08 Å². The molecule has 25 heavy (non-hydrogen) atoms. The van der Waals surface area contributed by atoms with E-state index in [2.05, 4.69) is 5.32 Å². The fraction of sp³-hybridized carbons (Fsp3) is 0.0588. The maximum Gasteiger partial charge on any atom is 0.269 e. The van der Waals surface area contributed by atoms with Crippen molar-refractivity contribution in [2.75, 3.05) is 5.32 Å². The van der Waals surface area contributed by atoms with Gasteiger partial charge < -0.3 is 5.32 Å². The highest BCUT2D eigenvalue weighted by Crippen LogP contribution is 2.27. The number of benzene rings is 2. The minimum absolute atomic E-state index is 0.108. The highest BCUT2D eigenvalue weighted by Gasteiger charge is 2.17. The van der Waals surface area contributed by atoms with Crippen LogP contribution in [0.4, 0.5) is 11.4 Å². The summed E-state index contributed by atoms with van der Waals surface area (Å²) in [6.07, 6.45) is 1.31. The van der Waals surface area contributed by atoms with Crippen LogP contribution in [0.2, 0.25) is 10.0 Å². The lowest BCUT2D eigenvalue weighted by molar-refractivity contribution is -0.384. The van der Waals surface area contributed by atoms with Crippen LogP contribution in [0.3, 0.4) is 0 Å². The standard InChI is InChI=1S/C17H12Cl2N2O4/c1-10(22)13(9-14-15(18)3-2-4-16(14)19)17(23)20-11-5-7-12(8-6-11)21(24)25/h2-9H,1H3,(H,20,23)/b13-9+. The quantitative estimate of drug-likeness (QED) is 0.272. The Morgan fingerprint density at radius 1 is 1.08 bits per heavy atom. The number of non-ortho nitro benzene ring substituents is 1. The summed E-state index contributed by atoms with van der Waals surface area (Å²) in [7, 11) is 0. The molecule has 0 saturated carbocycles. The summed E-state index contributed by atoms with van der Waals surface area (Å²) in [6.45, 7) is 1.24. The number of hydrogen-bond acceptors (Lipinski definition) is 4. The van der Waals surface area contributed by atoms with E-state index in [1.165, 1.54) is 37.3 Å². The molecular weight excluding hydrogens is 367 g/mol. The van der Waals surface area contributed by atoms with Gasteiger partial charge in [0.05, 0.1) is 10.5 Å². The number of halogens is 2. The second-order valence-electron chi connectivity index (χ2n) is 5.01. The van der Waals surface area contributed by atoms with Crippen LogP contribution >= 0.6 is 23.2 Å². The van der Waals surface area contributed by atoms with Crippen molar-refractivity contribution in [3.8, 4) is 0 Å². The third-order valence-electron chi connectivity index (χ3n) is 3.25. The predicted octanol–water partition coefficient (Wildman–Crippen LogP) is 4.51. The van der Waals surface area contributed by atoms with Crippen LogP contribution in [-0.2, 0) is 9.59 Å². The molecular formula is C17H12Cl2N2O4. The Hall–Kier alpha value is -2.70. The third-order valence-corrected chi connectivity index (χ3v) is 3.91. The first kappa shape index (κ1) is 18.6. The third kappa shape index (κ3) is 4.65. The number of hydrogen-bond donors (Lipinski definition) is 1. The summed E-state index contributed by atoms with van der Waals surface area (Å²) < 4.78 is 0. The molecule has 2 aromatic rings. The van der Waals surface area contributed by atoms with Gasteiger partial charge in [0.2, 0.25) is 0 Å². The zero-order valence-corrected chi connectivity index (χ0v) is 14.5. The molecule has 2 rings (SSSR count). The molecule has 0 atom stereocenters. The predicted molar refractivity (Wildman–Crippen MR) is 96.8 cm³/mol. The van der Waals surface area contributed by atoms with E-state index in [1.54, 1.807) is 18.2 Å². The minimum Gasteiger partial charge on any atom is -0.322 e. The van der Waals surface area contributed by atoms with Gasteiger partial charge in [-0.15, -0.1) is 0 Å². The number of nitro benzene ring substituents is 1. The molecule has 6 nitrogen and oxygen atoms in total. The normalized spacial score (nSPS) is 11.1. The van der Waals surface area contributed by atoms with E-state index in [0.717, 1.165) is 0 Å². The Morgan fingerprint density at radius 2 is 1.64 bits per heavy atom. The number of amides is 1. The largest absolute Gasteiger partial charge is 0.322 e. The van der Waals surface area contributed by atoms with Crippen LogP contribution in [0.1, 0.15) is 12.5 Å². The van der Waals surface area contributed by atoms with Crippen LogP contribution in [-0.4, -0.2) is 16.6 Å². The molecule has 0 saturated heterocycles. The first-order valence-corrected chi connectivity index (χ1v) is 7.77. The van der Waals surface area contributed by atoms with Gasteiger partial charge in [-0.3, -0.25) is 19.7 Å². The zero-order valence-electron chi connectivity index (χ0n) is 13.0. The zero-order chi connectivity index (χ0) is 18.6. The van der Waals surface area contributed by atoms with Crippen molar-refractivity contribution in [1.29, 1.82) is 0 Å². The highest BCUT2D eigenvalue weighted by atomic mass is 35.5. The monoisotopic (exact) mass is 378 g/mol. The van der Waals surface area contributed by atoms with Crippen molar-refractivity contribution in [3.05, 3.63) is 73.8 Å². The van der Waals surface area contributed by atoms with Crippen molar-refractivity contribution in [3.63, 3.8) is 0 Å². The van der Waals surface area contributed by atoms with Crippen molar-refractivity contribution in [2.24, 2.45) is 0 Å². The summed E-state index contributed by atoms with van der Waals surface area (Å²) in [5.41, 5.74) is 0.416. The molecule has 0 spiro atoms. The van der Waals surface area contributed by atoms with Crippen molar-refractivity contribution >= 4 is 52.3 Å². The van der Waals surface area contributed by atoms with E-state index in [1.807, 2.05) is 0 Å². The first-order valence-electron chi connectivity index (χ1n) is 7.02. The average molecular weight is 379 g/mol. The summed E-state index contributed by atoms with van der Waals surface area (Å²) in [6, 6.07) is 10.1. The topological polar surface area (TPSA) is 89.3 Å². The highest BCUT2D eigenvalue weighted by molar-refractivity contribution is 6.38. The number of nitrogens with zero attached hydrogens (tertiary/aromatic N) is 1. The Morgan fingerprint density at radius 3 is 2.12 bits per heavy atom. The van der Waals surface area contributed by atoms with Crippen molar-refractivity contribution in [2.45, 2.75) is 6.92 Å². The lowest BCUT2D eigenvalue weighted by Crippen LogP contribution is -2.19. The molecule has 0 aliphatic heterocycles. The van der Waals surface area contributed by atoms with E-state index in [0.29, 0.717) is 21.3 Å². The Kier molecular flexibility index (Phi) is 5.90. The van der Waals surface area contributed by atoms with Crippen LogP contribution < -0.4 is 5.32 Å². The molecule has 0 aliphatic carbocycles. The molecule has 2 aromatic carbocycles. The van der Waals surface area contributed by atoms with Crippen molar-refractivity contribution in [1.82, 2.24) is 0 Å². The molecule has 1 amide bonds. The second kappa shape index (κ2) is 7.92. The van der Waals surface area contributed by atoms with E-state index in [-0.39, 0.29) is 11.3 Å². The lowest BCUT2D eigenvalue weighted by Gasteiger charge is -2.08. The fourth-order valence-corrected chi connectivity index (χ4v) is 2.49. The smallest absolute Gasteiger partial charge is 0.269 e. The Labute approximate surface area is 153 Å². The van der Waals surface area contributed by atoms with Crippen molar-refractivity contribution < 1.29 is 14.5 Å². The van der Waals surface area contributed by atoms with Gasteiger partial charge in [0, 0.05) is 33.4 Å². The van der Waals surface area contributed by atoms with Gasteiger partial charge in [-0.1, -0.05) is 29.3 Å². The van der Waals surface area contributed by atoms with E-state index in [4.69, 9.17) is 23.2 Å². The minimum atomic E-state index is -0.669. The number of anilines is 1. The summed E-state index contributed by atoms with van der Waals surface area (Å²) in [5.74, 6) is -1.15. The van der Waals surface area contributed by atoms with Gasteiger partial charge in [0.1, 0.15) is 0 Å². The molecule has 0 aromatic heterocycles. The number of nitrogens with one attached hydrogen (secondary N) is 1. The fourth-order valence-electron chi connectivity index (χ4n) is 1.98. The number of carbonyl (C=O) groups excluding carboxylic acids is 2. The van der Waals surface area contributed by atoms with E-state index in [9.17, 15) is 19.7 Å². The van der Waals surface area contributed by atoms with Crippen LogP contribution in [0.5, 0.6) is 0 Å².